The van der Waals surface area contributed by atoms with Crippen LogP contribution in [0.4, 0.5) is 11.4 Å². The monoisotopic (exact) mass is 491 g/mol. The summed E-state index contributed by atoms with van der Waals surface area (Å²) >= 11 is 1.38. The van der Waals surface area contributed by atoms with Gasteiger partial charge >= 0.3 is 0 Å². The van der Waals surface area contributed by atoms with Crippen molar-refractivity contribution in [3.8, 4) is 0 Å². The number of hydrogen-bond donors (Lipinski definition) is 1. The summed E-state index contributed by atoms with van der Waals surface area (Å²) in [4.78, 5) is 36.4. The van der Waals surface area contributed by atoms with Crippen LogP contribution in [0, 0.1) is 26.7 Å². The highest BCUT2D eigenvalue weighted by Gasteiger charge is 2.31. The number of benzene rings is 1. The molecule has 0 unspecified atom stereocenters. The maximum Gasteiger partial charge on any atom is 0.257 e. The Bertz CT molecular complexity index is 1240. The molecule has 184 valence electrons. The first kappa shape index (κ1) is 23.7. The van der Waals surface area contributed by atoms with Gasteiger partial charge in [0.2, 0.25) is 5.91 Å². The SMILES string of the molecule is Cc1cccc(C)c1NC(=O)C1CCN(c2c(C(=O)N3CCCCC3)cnc3snc(C)c23)CC1. The average Bonchev–Trinajstić information content (AvgIpc) is 3.26. The molecule has 0 aliphatic carbocycles. The number of rotatable bonds is 4. The number of hydrogen-bond acceptors (Lipinski definition) is 6. The molecule has 0 radical (unpaired) electrons. The fraction of sp³-hybridized carbons (Fsp3) is 0.481. The molecule has 35 heavy (non-hydrogen) atoms. The number of pyridine rings is 1. The van der Waals surface area contributed by atoms with Crippen LogP contribution >= 0.6 is 11.5 Å². The van der Waals surface area contributed by atoms with Crippen LogP contribution < -0.4 is 10.2 Å². The van der Waals surface area contributed by atoms with Crippen molar-refractivity contribution in [1.82, 2.24) is 14.3 Å². The largest absolute Gasteiger partial charge is 0.370 e. The Hall–Kier alpha value is -3.00. The van der Waals surface area contributed by atoms with Gasteiger partial charge in [-0.25, -0.2) is 4.98 Å². The van der Waals surface area contributed by atoms with E-state index >= 15 is 0 Å². The molecule has 1 N–H and O–H groups in total. The first-order valence-corrected chi connectivity index (χ1v) is 13.4. The molecule has 3 aromatic rings. The number of para-hydroxylation sites is 1. The molecule has 4 heterocycles. The molecule has 5 rings (SSSR count). The maximum absolute atomic E-state index is 13.6. The molecule has 0 saturated carbocycles. The second-order valence-corrected chi connectivity index (χ2v) is 10.6. The third-order valence-corrected chi connectivity index (χ3v) is 8.28. The van der Waals surface area contributed by atoms with Crippen LogP contribution in [0.25, 0.3) is 10.2 Å². The summed E-state index contributed by atoms with van der Waals surface area (Å²) in [6.45, 7) is 9.09. The van der Waals surface area contributed by atoms with E-state index in [0.29, 0.717) is 5.56 Å². The fourth-order valence-corrected chi connectivity index (χ4v) is 6.14. The zero-order valence-electron chi connectivity index (χ0n) is 20.8. The average molecular weight is 492 g/mol. The lowest BCUT2D eigenvalue weighted by atomic mass is 9.94. The molecule has 2 aliphatic rings. The van der Waals surface area contributed by atoms with Crippen LogP contribution in [0.2, 0.25) is 0 Å². The Morgan fingerprint density at radius 2 is 1.69 bits per heavy atom. The number of amides is 2. The predicted octanol–water partition coefficient (Wildman–Crippen LogP) is 5.10. The molecular formula is C27H33N5O2S. The molecule has 2 saturated heterocycles. The summed E-state index contributed by atoms with van der Waals surface area (Å²) in [5.74, 6) is 0.0973. The minimum absolute atomic E-state index is 0.0504. The van der Waals surface area contributed by atoms with Gasteiger partial charge in [-0.1, -0.05) is 18.2 Å². The normalized spacial score (nSPS) is 17.1. The van der Waals surface area contributed by atoms with Crippen LogP contribution in [-0.4, -0.2) is 52.3 Å². The van der Waals surface area contributed by atoms with Gasteiger partial charge in [0.1, 0.15) is 4.83 Å². The Kier molecular flexibility index (Phi) is 6.73. The molecule has 2 aromatic heterocycles. The summed E-state index contributed by atoms with van der Waals surface area (Å²) in [6.07, 6.45) is 6.52. The van der Waals surface area contributed by atoms with E-state index in [9.17, 15) is 9.59 Å². The topological polar surface area (TPSA) is 78.4 Å². The minimum atomic E-state index is -0.0504. The molecule has 1 aromatic carbocycles. The van der Waals surface area contributed by atoms with Gasteiger partial charge in [0.05, 0.1) is 22.3 Å². The van der Waals surface area contributed by atoms with E-state index in [2.05, 4.69) is 19.6 Å². The van der Waals surface area contributed by atoms with E-state index in [1.165, 1.54) is 18.0 Å². The van der Waals surface area contributed by atoms with Crippen molar-refractivity contribution < 1.29 is 9.59 Å². The van der Waals surface area contributed by atoms with Crippen LogP contribution in [0.1, 0.15) is 59.3 Å². The first-order chi connectivity index (χ1) is 16.9. The Morgan fingerprint density at radius 1 is 1.00 bits per heavy atom. The van der Waals surface area contributed by atoms with Crippen molar-refractivity contribution in [3.05, 3.63) is 46.8 Å². The Balaban J connectivity index is 1.38. The number of anilines is 2. The highest BCUT2D eigenvalue weighted by molar-refractivity contribution is 7.13. The highest BCUT2D eigenvalue weighted by Crippen LogP contribution is 2.37. The number of carbonyl (C=O) groups is 2. The molecule has 2 amide bonds. The zero-order chi connectivity index (χ0) is 24.5. The molecular weight excluding hydrogens is 458 g/mol. The second-order valence-electron chi connectivity index (χ2n) is 9.84. The summed E-state index contributed by atoms with van der Waals surface area (Å²) in [5, 5.41) is 4.16. The van der Waals surface area contributed by atoms with E-state index in [1.54, 1.807) is 6.20 Å². The van der Waals surface area contributed by atoms with Crippen molar-refractivity contribution in [3.63, 3.8) is 0 Å². The summed E-state index contributed by atoms with van der Waals surface area (Å²) in [6, 6.07) is 6.06. The van der Waals surface area contributed by atoms with E-state index in [0.717, 1.165) is 90.3 Å². The molecule has 0 atom stereocenters. The minimum Gasteiger partial charge on any atom is -0.370 e. The summed E-state index contributed by atoms with van der Waals surface area (Å²) < 4.78 is 4.53. The van der Waals surface area contributed by atoms with E-state index in [1.807, 2.05) is 43.9 Å². The van der Waals surface area contributed by atoms with E-state index < -0.39 is 0 Å². The molecule has 2 aliphatic heterocycles. The van der Waals surface area contributed by atoms with Gasteiger partial charge in [-0.2, -0.15) is 4.37 Å². The third-order valence-electron chi connectivity index (χ3n) is 7.43. The summed E-state index contributed by atoms with van der Waals surface area (Å²) in [5.41, 5.74) is 5.61. The van der Waals surface area contributed by atoms with Crippen molar-refractivity contribution in [2.75, 3.05) is 36.4 Å². The summed E-state index contributed by atoms with van der Waals surface area (Å²) in [7, 11) is 0. The van der Waals surface area contributed by atoms with E-state index in [-0.39, 0.29) is 17.7 Å². The molecule has 0 bridgehead atoms. The number of aryl methyl sites for hydroxylation is 3. The second kappa shape index (κ2) is 9.93. The highest BCUT2D eigenvalue weighted by atomic mass is 32.1. The molecule has 0 spiro atoms. The lowest BCUT2D eigenvalue weighted by Gasteiger charge is -2.35. The third kappa shape index (κ3) is 4.63. The maximum atomic E-state index is 13.6. The van der Waals surface area contributed by atoms with Gasteiger partial charge in [-0.05, 0) is 75.5 Å². The lowest BCUT2D eigenvalue weighted by molar-refractivity contribution is -0.120. The molecule has 8 heteroatoms. The smallest absolute Gasteiger partial charge is 0.257 e. The molecule has 2 fully saturated rings. The van der Waals surface area contributed by atoms with Crippen LogP contribution in [0.3, 0.4) is 0 Å². The van der Waals surface area contributed by atoms with Crippen molar-refractivity contribution in [2.24, 2.45) is 5.92 Å². The van der Waals surface area contributed by atoms with Crippen molar-refractivity contribution in [2.45, 2.75) is 52.9 Å². The fourth-order valence-electron chi connectivity index (χ4n) is 5.39. The van der Waals surface area contributed by atoms with Gasteiger partial charge in [-0.15, -0.1) is 0 Å². The number of piperidine rings is 2. The predicted molar refractivity (Wildman–Crippen MR) is 141 cm³/mol. The number of fused-ring (bicyclic) bond motifs is 1. The number of likely N-dealkylation sites (tertiary alicyclic amines) is 1. The standard InChI is InChI=1S/C27H33N5O2S/c1-17-8-7-9-18(2)23(17)29-25(33)20-10-14-31(15-11-20)24-21(27(34)32-12-5-4-6-13-32)16-28-26-22(24)19(3)30-35-26/h7-9,16,20H,4-6,10-15H2,1-3H3,(H,29,33). The van der Waals surface area contributed by atoms with Crippen molar-refractivity contribution >= 4 is 44.9 Å². The quantitative estimate of drug-likeness (QED) is 0.550. The zero-order valence-corrected chi connectivity index (χ0v) is 21.6. The number of nitrogens with one attached hydrogen (secondary N) is 1. The van der Waals surface area contributed by atoms with Crippen molar-refractivity contribution in [1.29, 1.82) is 0 Å². The first-order valence-electron chi connectivity index (χ1n) is 12.6. The Morgan fingerprint density at radius 3 is 2.37 bits per heavy atom. The van der Waals surface area contributed by atoms with Gasteiger partial charge in [0, 0.05) is 44.0 Å². The lowest BCUT2D eigenvalue weighted by Crippen LogP contribution is -2.40. The van der Waals surface area contributed by atoms with Gasteiger partial charge in [0.15, 0.2) is 0 Å². The van der Waals surface area contributed by atoms with Crippen LogP contribution in [0.15, 0.2) is 24.4 Å². The Labute approximate surface area is 210 Å². The van der Waals surface area contributed by atoms with Gasteiger partial charge in [0.25, 0.3) is 5.91 Å². The van der Waals surface area contributed by atoms with Gasteiger partial charge < -0.3 is 15.1 Å². The van der Waals surface area contributed by atoms with Crippen LogP contribution in [0.5, 0.6) is 0 Å². The number of aromatic nitrogens is 2. The van der Waals surface area contributed by atoms with Crippen LogP contribution in [-0.2, 0) is 4.79 Å². The number of carbonyl (C=O) groups excluding carboxylic acids is 2. The molecule has 7 nitrogen and oxygen atoms in total. The van der Waals surface area contributed by atoms with Gasteiger partial charge in [-0.3, -0.25) is 9.59 Å². The van der Waals surface area contributed by atoms with E-state index in [4.69, 9.17) is 0 Å². The number of nitrogens with zero attached hydrogens (tertiary/aromatic N) is 4.